The normalized spacial score (nSPS) is 16.0. The van der Waals surface area contributed by atoms with Crippen LogP contribution in [0.1, 0.15) is 29.3 Å². The molecule has 0 unspecified atom stereocenters. The van der Waals surface area contributed by atoms with Crippen molar-refractivity contribution in [2.24, 2.45) is 5.10 Å². The summed E-state index contributed by atoms with van der Waals surface area (Å²) in [6.07, 6.45) is 2.09. The molecule has 0 radical (unpaired) electrons. The number of aromatic nitrogens is 3. The number of carbonyl (C=O) groups excluding carboxylic acids is 1. The number of rotatable bonds is 4. The summed E-state index contributed by atoms with van der Waals surface area (Å²) >= 11 is 0. The van der Waals surface area contributed by atoms with Crippen LogP contribution in [0.2, 0.25) is 0 Å². The van der Waals surface area contributed by atoms with Gasteiger partial charge in [0.1, 0.15) is 23.9 Å². The number of hydrazone groups is 1. The fraction of sp³-hybridized carbons (Fsp3) is 0.174. The minimum Gasteiger partial charge on any atom is -0.467 e. The van der Waals surface area contributed by atoms with E-state index < -0.39 is 0 Å². The molecule has 4 aromatic rings. The zero-order chi connectivity index (χ0) is 21.4. The fourth-order valence-electron chi connectivity index (χ4n) is 3.69. The average molecular weight is 413 g/mol. The number of hydrogen-bond donors (Lipinski definition) is 0. The topological polar surface area (TPSA) is 93.6 Å². The van der Waals surface area contributed by atoms with Gasteiger partial charge >= 0.3 is 0 Å². The Bertz CT molecular complexity index is 1340. The van der Waals surface area contributed by atoms with E-state index in [0.717, 1.165) is 21.5 Å². The first kappa shape index (κ1) is 18.9. The van der Waals surface area contributed by atoms with Gasteiger partial charge in [0.25, 0.3) is 11.5 Å². The summed E-state index contributed by atoms with van der Waals surface area (Å²) in [6, 6.07) is 18.1. The number of carbonyl (C=O) groups is 1. The molecule has 0 fully saturated rings. The third-order valence-corrected chi connectivity index (χ3v) is 5.34. The van der Waals surface area contributed by atoms with Crippen molar-refractivity contribution in [1.29, 1.82) is 0 Å². The van der Waals surface area contributed by atoms with Crippen LogP contribution in [-0.2, 0) is 11.3 Å². The van der Waals surface area contributed by atoms with E-state index in [4.69, 9.17) is 4.42 Å². The van der Waals surface area contributed by atoms with Crippen LogP contribution in [-0.4, -0.2) is 31.6 Å². The summed E-state index contributed by atoms with van der Waals surface area (Å²) in [5, 5.41) is 14.4. The molecule has 0 saturated heterocycles. The van der Waals surface area contributed by atoms with E-state index in [1.165, 1.54) is 5.01 Å². The summed E-state index contributed by atoms with van der Waals surface area (Å²) in [5.41, 5.74) is 3.00. The van der Waals surface area contributed by atoms with E-state index in [-0.39, 0.29) is 24.1 Å². The van der Waals surface area contributed by atoms with Crippen molar-refractivity contribution >= 4 is 22.5 Å². The van der Waals surface area contributed by atoms with E-state index in [9.17, 15) is 9.59 Å². The highest BCUT2D eigenvalue weighted by molar-refractivity contribution is 6.03. The lowest BCUT2D eigenvalue weighted by atomic mass is 10.0. The number of nitrogens with zero attached hydrogens (tertiary/aromatic N) is 5. The van der Waals surface area contributed by atoms with Crippen molar-refractivity contribution < 1.29 is 9.21 Å². The standard InChI is InChI=1S/C23H19N5O3/c1-15-8-10-16(11-9-15)19-13-20(21-7-4-12-31-21)28(25-19)22(29)14-27-23(30)17-5-2-3-6-18(17)24-26-27/h2-12,20H,13-14H2,1H3/t20-/m0/s1. The fourth-order valence-corrected chi connectivity index (χ4v) is 3.69. The summed E-state index contributed by atoms with van der Waals surface area (Å²) in [5.74, 6) is 0.270. The van der Waals surface area contributed by atoms with Crippen LogP contribution in [0.25, 0.3) is 10.9 Å². The van der Waals surface area contributed by atoms with Gasteiger partial charge in [-0.05, 0) is 36.8 Å². The Kier molecular flexibility index (Phi) is 4.66. The van der Waals surface area contributed by atoms with E-state index in [1.807, 2.05) is 37.3 Å². The average Bonchev–Trinajstić information content (AvgIpc) is 3.46. The largest absolute Gasteiger partial charge is 0.467 e. The van der Waals surface area contributed by atoms with Gasteiger partial charge < -0.3 is 4.42 Å². The molecule has 0 aliphatic carbocycles. The van der Waals surface area contributed by atoms with Crippen LogP contribution in [0.4, 0.5) is 0 Å². The second-order valence-electron chi connectivity index (χ2n) is 7.46. The molecule has 2 aromatic carbocycles. The van der Waals surface area contributed by atoms with Gasteiger partial charge in [-0.2, -0.15) is 5.10 Å². The van der Waals surface area contributed by atoms with Gasteiger partial charge in [-0.3, -0.25) is 9.59 Å². The van der Waals surface area contributed by atoms with Crippen LogP contribution in [0.15, 0.2) is 81.2 Å². The molecule has 3 heterocycles. The maximum atomic E-state index is 13.2. The molecule has 0 saturated carbocycles. The Balaban J connectivity index is 1.48. The quantitative estimate of drug-likeness (QED) is 0.513. The first-order valence-electron chi connectivity index (χ1n) is 9.93. The Labute approximate surface area is 177 Å². The van der Waals surface area contributed by atoms with E-state index >= 15 is 0 Å². The third-order valence-electron chi connectivity index (χ3n) is 5.34. The van der Waals surface area contributed by atoms with Crippen molar-refractivity contribution in [3.05, 3.63) is 94.2 Å². The van der Waals surface area contributed by atoms with Crippen LogP contribution >= 0.6 is 0 Å². The molecular formula is C23H19N5O3. The van der Waals surface area contributed by atoms with Crippen molar-refractivity contribution in [3.8, 4) is 0 Å². The van der Waals surface area contributed by atoms with E-state index in [0.29, 0.717) is 23.1 Å². The first-order chi connectivity index (χ1) is 15.1. The lowest BCUT2D eigenvalue weighted by molar-refractivity contribution is -0.134. The minimum atomic E-state index is -0.386. The molecule has 5 rings (SSSR count). The predicted octanol–water partition coefficient (Wildman–Crippen LogP) is 3.07. The molecule has 1 amide bonds. The molecule has 2 aromatic heterocycles. The maximum absolute atomic E-state index is 13.2. The summed E-state index contributed by atoms with van der Waals surface area (Å²) in [6.45, 7) is 1.75. The highest BCUT2D eigenvalue weighted by atomic mass is 16.3. The predicted molar refractivity (Wildman–Crippen MR) is 114 cm³/mol. The molecule has 154 valence electrons. The minimum absolute atomic E-state index is 0.265. The van der Waals surface area contributed by atoms with Gasteiger partial charge in [0.2, 0.25) is 0 Å². The zero-order valence-electron chi connectivity index (χ0n) is 16.8. The number of aryl methyl sites for hydroxylation is 1. The van der Waals surface area contributed by atoms with Crippen LogP contribution < -0.4 is 5.56 Å². The number of fused-ring (bicyclic) bond motifs is 1. The van der Waals surface area contributed by atoms with Crippen molar-refractivity contribution in [3.63, 3.8) is 0 Å². The molecule has 0 N–H and O–H groups in total. The van der Waals surface area contributed by atoms with Gasteiger partial charge in [-0.1, -0.05) is 47.2 Å². The summed E-state index contributed by atoms with van der Waals surface area (Å²) < 4.78 is 6.64. The molecule has 8 heteroatoms. The Morgan fingerprint density at radius 2 is 1.90 bits per heavy atom. The van der Waals surface area contributed by atoms with Crippen LogP contribution in [0.3, 0.4) is 0 Å². The highest BCUT2D eigenvalue weighted by Crippen LogP contribution is 2.33. The second-order valence-corrected chi connectivity index (χ2v) is 7.46. The van der Waals surface area contributed by atoms with Gasteiger partial charge in [-0.15, -0.1) is 5.10 Å². The monoisotopic (exact) mass is 413 g/mol. The SMILES string of the molecule is Cc1ccc(C2=NN(C(=O)Cn3nnc4ccccc4c3=O)[C@H](c3ccco3)C2)cc1. The van der Waals surface area contributed by atoms with Crippen molar-refractivity contribution in [1.82, 2.24) is 20.0 Å². The number of furan rings is 1. The first-order valence-corrected chi connectivity index (χ1v) is 9.93. The number of amides is 1. The maximum Gasteiger partial charge on any atom is 0.278 e. The van der Waals surface area contributed by atoms with Crippen LogP contribution in [0.5, 0.6) is 0 Å². The molecule has 1 atom stereocenters. The number of hydrogen-bond acceptors (Lipinski definition) is 6. The smallest absolute Gasteiger partial charge is 0.278 e. The van der Waals surface area contributed by atoms with Gasteiger partial charge in [0.05, 0.1) is 17.4 Å². The zero-order valence-corrected chi connectivity index (χ0v) is 16.8. The Morgan fingerprint density at radius 1 is 1.10 bits per heavy atom. The summed E-state index contributed by atoms with van der Waals surface area (Å²) in [4.78, 5) is 25.9. The van der Waals surface area contributed by atoms with Crippen molar-refractivity contribution in [2.75, 3.05) is 0 Å². The molecule has 1 aliphatic heterocycles. The summed E-state index contributed by atoms with van der Waals surface area (Å²) in [7, 11) is 0. The molecule has 31 heavy (non-hydrogen) atoms. The third kappa shape index (κ3) is 3.52. The van der Waals surface area contributed by atoms with E-state index in [2.05, 4.69) is 15.4 Å². The molecule has 0 bridgehead atoms. The van der Waals surface area contributed by atoms with Gasteiger partial charge in [0, 0.05) is 6.42 Å². The Hall–Kier alpha value is -4.07. The number of benzene rings is 2. The van der Waals surface area contributed by atoms with Gasteiger partial charge in [-0.25, -0.2) is 9.69 Å². The lowest BCUT2D eigenvalue weighted by Gasteiger charge is -2.19. The molecule has 0 spiro atoms. The highest BCUT2D eigenvalue weighted by Gasteiger charge is 2.35. The second kappa shape index (κ2) is 7.64. The van der Waals surface area contributed by atoms with Crippen molar-refractivity contribution in [2.45, 2.75) is 25.9 Å². The van der Waals surface area contributed by atoms with Gasteiger partial charge in [0.15, 0.2) is 0 Å². The molecular weight excluding hydrogens is 394 g/mol. The Morgan fingerprint density at radius 3 is 2.68 bits per heavy atom. The van der Waals surface area contributed by atoms with E-state index in [1.54, 1.807) is 36.6 Å². The lowest BCUT2D eigenvalue weighted by Crippen LogP contribution is -2.35. The molecule has 8 nitrogen and oxygen atoms in total. The molecule has 1 aliphatic rings. The van der Waals surface area contributed by atoms with Crippen LogP contribution in [0, 0.1) is 6.92 Å².